The van der Waals surface area contributed by atoms with E-state index in [1.165, 1.54) is 25.7 Å². The molecule has 0 aromatic carbocycles. The van der Waals surface area contributed by atoms with Crippen LogP contribution in [0, 0.1) is 39.9 Å². The van der Waals surface area contributed by atoms with Gasteiger partial charge in [0.05, 0.1) is 13.2 Å². The Morgan fingerprint density at radius 1 is 0.852 bits per heavy atom. The summed E-state index contributed by atoms with van der Waals surface area (Å²) >= 11 is 0. The molecule has 3 heteroatoms. The fourth-order valence-electron chi connectivity index (χ4n) is 7.97. The average Bonchev–Trinajstić information content (AvgIpc) is 2.94. The zero-order valence-electron chi connectivity index (χ0n) is 17.8. The third-order valence-electron chi connectivity index (χ3n) is 9.83. The highest BCUT2D eigenvalue weighted by Crippen LogP contribution is 2.66. The second-order valence-electron chi connectivity index (χ2n) is 11.9. The van der Waals surface area contributed by atoms with Crippen molar-refractivity contribution < 1.29 is 14.3 Å². The van der Waals surface area contributed by atoms with Crippen molar-refractivity contribution in [1.29, 1.82) is 0 Å². The van der Waals surface area contributed by atoms with E-state index in [-0.39, 0.29) is 16.6 Å². The van der Waals surface area contributed by atoms with Crippen molar-refractivity contribution in [2.75, 3.05) is 13.2 Å². The third kappa shape index (κ3) is 2.63. The first kappa shape index (κ1) is 18.6. The maximum absolute atomic E-state index is 12.6. The van der Waals surface area contributed by atoms with Crippen LogP contribution in [0.2, 0.25) is 0 Å². The van der Waals surface area contributed by atoms with Crippen molar-refractivity contribution in [3.05, 3.63) is 0 Å². The zero-order valence-corrected chi connectivity index (χ0v) is 17.8. The molecular formula is C24H38O3. The molecule has 4 saturated carbocycles. The van der Waals surface area contributed by atoms with Gasteiger partial charge in [-0.15, -0.1) is 0 Å². The Hall–Kier alpha value is -0.410. The molecule has 5 aliphatic rings. The summed E-state index contributed by atoms with van der Waals surface area (Å²) in [5.41, 5.74) is 0.564. The van der Waals surface area contributed by atoms with Crippen LogP contribution >= 0.6 is 0 Å². The van der Waals surface area contributed by atoms with Gasteiger partial charge in [-0.2, -0.15) is 0 Å². The first-order valence-corrected chi connectivity index (χ1v) is 11.5. The lowest BCUT2D eigenvalue weighted by Crippen LogP contribution is -2.58. The first-order valence-electron chi connectivity index (χ1n) is 11.5. The molecule has 1 spiro atoms. The van der Waals surface area contributed by atoms with E-state index in [1.54, 1.807) is 0 Å². The van der Waals surface area contributed by atoms with Crippen LogP contribution < -0.4 is 0 Å². The number of carbonyl (C=O) groups excluding carboxylic acids is 1. The molecule has 0 N–H and O–H groups in total. The first-order chi connectivity index (χ1) is 12.7. The van der Waals surface area contributed by atoms with E-state index in [2.05, 4.69) is 27.7 Å². The molecule has 27 heavy (non-hydrogen) atoms. The lowest BCUT2D eigenvalue weighted by molar-refractivity contribution is -0.330. The number of hydrogen-bond acceptors (Lipinski definition) is 3. The summed E-state index contributed by atoms with van der Waals surface area (Å²) < 4.78 is 12.8. The second-order valence-corrected chi connectivity index (χ2v) is 11.9. The Morgan fingerprint density at radius 2 is 1.59 bits per heavy atom. The Kier molecular flexibility index (Phi) is 4.01. The van der Waals surface area contributed by atoms with Crippen LogP contribution in [0.3, 0.4) is 0 Å². The number of hydrogen-bond donors (Lipinski definition) is 0. The van der Waals surface area contributed by atoms with Crippen LogP contribution in [0.4, 0.5) is 0 Å². The van der Waals surface area contributed by atoms with E-state index < -0.39 is 0 Å². The summed E-state index contributed by atoms with van der Waals surface area (Å²) in [6.07, 6.45) is 10.4. The van der Waals surface area contributed by atoms with Crippen molar-refractivity contribution in [3.63, 3.8) is 0 Å². The standard InChI is InChI=1S/C24H38O3/c1-21(2)14-26-24(27-15-21)12-11-22(3)16(13-24)5-6-17-18-7-8-20(25)23(18,4)10-9-19(17)22/h16-19H,5-15H2,1-4H3/t16?,17?,18?,19?,22-,23-/m0/s1. The Labute approximate surface area is 164 Å². The molecule has 6 atom stereocenters. The van der Waals surface area contributed by atoms with Gasteiger partial charge in [0.2, 0.25) is 0 Å². The van der Waals surface area contributed by atoms with Gasteiger partial charge in [-0.3, -0.25) is 4.79 Å². The Balaban J connectivity index is 1.36. The summed E-state index contributed by atoms with van der Waals surface area (Å²) in [4.78, 5) is 12.6. The summed E-state index contributed by atoms with van der Waals surface area (Å²) in [6, 6.07) is 0. The van der Waals surface area contributed by atoms with Gasteiger partial charge < -0.3 is 9.47 Å². The fourth-order valence-corrected chi connectivity index (χ4v) is 7.97. The van der Waals surface area contributed by atoms with E-state index in [1.807, 2.05) is 0 Å². The normalized spacial score (nSPS) is 50.7. The topological polar surface area (TPSA) is 35.5 Å². The van der Waals surface area contributed by atoms with E-state index in [0.29, 0.717) is 17.1 Å². The smallest absolute Gasteiger partial charge is 0.168 e. The van der Waals surface area contributed by atoms with Gasteiger partial charge in [0.1, 0.15) is 5.78 Å². The van der Waals surface area contributed by atoms with Crippen molar-refractivity contribution >= 4 is 5.78 Å². The van der Waals surface area contributed by atoms with Crippen LogP contribution in [0.5, 0.6) is 0 Å². The van der Waals surface area contributed by atoms with Gasteiger partial charge in [0.15, 0.2) is 5.79 Å². The van der Waals surface area contributed by atoms with Crippen LogP contribution in [-0.2, 0) is 14.3 Å². The second kappa shape index (κ2) is 5.81. The molecule has 3 nitrogen and oxygen atoms in total. The fraction of sp³-hybridized carbons (Fsp3) is 0.958. The minimum absolute atomic E-state index is 0.00142. The van der Waals surface area contributed by atoms with Crippen molar-refractivity contribution in [1.82, 2.24) is 0 Å². The maximum Gasteiger partial charge on any atom is 0.168 e. The van der Waals surface area contributed by atoms with E-state index in [4.69, 9.17) is 9.47 Å². The molecule has 0 aromatic heterocycles. The van der Waals surface area contributed by atoms with Gasteiger partial charge in [-0.25, -0.2) is 0 Å². The van der Waals surface area contributed by atoms with Gasteiger partial charge in [0, 0.05) is 30.1 Å². The van der Waals surface area contributed by atoms with Crippen molar-refractivity contribution in [2.45, 2.75) is 91.3 Å². The van der Waals surface area contributed by atoms with E-state index in [0.717, 1.165) is 63.1 Å². The molecule has 5 fully saturated rings. The highest BCUT2D eigenvalue weighted by atomic mass is 16.7. The van der Waals surface area contributed by atoms with Crippen LogP contribution in [0.15, 0.2) is 0 Å². The third-order valence-corrected chi connectivity index (χ3v) is 9.83. The quantitative estimate of drug-likeness (QED) is 0.572. The molecule has 5 rings (SSSR count). The molecule has 1 saturated heterocycles. The highest BCUT2D eigenvalue weighted by Gasteiger charge is 2.62. The minimum Gasteiger partial charge on any atom is -0.349 e. The van der Waals surface area contributed by atoms with Gasteiger partial charge >= 0.3 is 0 Å². The summed E-state index contributed by atoms with van der Waals surface area (Å²) in [7, 11) is 0. The molecule has 1 aliphatic heterocycles. The molecule has 1 heterocycles. The Morgan fingerprint density at radius 3 is 2.33 bits per heavy atom. The molecule has 0 bridgehead atoms. The van der Waals surface area contributed by atoms with Gasteiger partial charge in [-0.05, 0) is 67.6 Å². The summed E-state index contributed by atoms with van der Waals surface area (Å²) in [6.45, 7) is 11.0. The summed E-state index contributed by atoms with van der Waals surface area (Å²) in [5, 5.41) is 0. The number of ketones is 1. The molecule has 0 radical (unpaired) electrons. The van der Waals surface area contributed by atoms with Crippen LogP contribution in [0.1, 0.15) is 85.5 Å². The predicted molar refractivity (Wildman–Crippen MR) is 105 cm³/mol. The lowest BCUT2D eigenvalue weighted by Gasteiger charge is -2.62. The van der Waals surface area contributed by atoms with Crippen molar-refractivity contribution in [2.24, 2.45) is 39.9 Å². The summed E-state index contributed by atoms with van der Waals surface area (Å²) in [5.74, 6) is 3.21. The Bertz CT molecular complexity index is 630. The molecule has 152 valence electrons. The minimum atomic E-state index is -0.307. The predicted octanol–water partition coefficient (Wildman–Crippen LogP) is 5.37. The number of Topliss-reactive ketones (excluding diaryl/α,β-unsaturated/α-hetero) is 1. The largest absolute Gasteiger partial charge is 0.349 e. The van der Waals surface area contributed by atoms with E-state index in [9.17, 15) is 4.79 Å². The molecule has 0 aromatic rings. The molecule has 4 unspecified atom stereocenters. The van der Waals surface area contributed by atoms with E-state index >= 15 is 0 Å². The van der Waals surface area contributed by atoms with Crippen LogP contribution in [-0.4, -0.2) is 24.8 Å². The molecule has 4 aliphatic carbocycles. The van der Waals surface area contributed by atoms with Crippen molar-refractivity contribution in [3.8, 4) is 0 Å². The number of carbonyl (C=O) groups is 1. The van der Waals surface area contributed by atoms with Crippen LogP contribution in [0.25, 0.3) is 0 Å². The SMILES string of the molecule is CC1(C)COC2(CC[C@@]3(C)C(CCC4C3CC[C@]3(C)C(=O)CCC43)C2)OC1. The number of ether oxygens (including phenoxy) is 2. The number of fused-ring (bicyclic) bond motifs is 5. The average molecular weight is 375 g/mol. The molecular weight excluding hydrogens is 336 g/mol. The lowest BCUT2D eigenvalue weighted by atomic mass is 9.45. The number of rotatable bonds is 0. The zero-order chi connectivity index (χ0) is 19.1. The monoisotopic (exact) mass is 374 g/mol. The molecule has 0 amide bonds. The maximum atomic E-state index is 12.6. The highest BCUT2D eigenvalue weighted by molar-refractivity contribution is 5.87. The van der Waals surface area contributed by atoms with Gasteiger partial charge in [-0.1, -0.05) is 27.7 Å². The van der Waals surface area contributed by atoms with Gasteiger partial charge in [0.25, 0.3) is 0 Å².